The second kappa shape index (κ2) is 4.83. The van der Waals surface area contributed by atoms with Crippen LogP contribution in [0.3, 0.4) is 0 Å². The van der Waals surface area contributed by atoms with E-state index in [1.54, 1.807) is 6.92 Å². The molecule has 0 bridgehead atoms. The van der Waals surface area contributed by atoms with E-state index in [0.29, 0.717) is 0 Å². The van der Waals surface area contributed by atoms with Gasteiger partial charge >= 0.3 is 0 Å². The van der Waals surface area contributed by atoms with Crippen molar-refractivity contribution in [2.24, 2.45) is 0 Å². The minimum absolute atomic E-state index is 0.366. The van der Waals surface area contributed by atoms with E-state index >= 15 is 0 Å². The van der Waals surface area contributed by atoms with Crippen molar-refractivity contribution in [2.75, 3.05) is 0 Å². The smallest absolute Gasteiger partial charge is 0.0698 e. The third-order valence-electron chi connectivity index (χ3n) is 1.97. The van der Waals surface area contributed by atoms with Crippen LogP contribution >= 0.6 is 0 Å². The summed E-state index contributed by atoms with van der Waals surface area (Å²) in [5.41, 5.74) is 2.40. The van der Waals surface area contributed by atoms with Gasteiger partial charge in [-0.1, -0.05) is 43.3 Å². The molecule has 0 fully saturated rings. The van der Waals surface area contributed by atoms with Crippen molar-refractivity contribution in [3.05, 3.63) is 42.0 Å². The van der Waals surface area contributed by atoms with Gasteiger partial charge in [0.15, 0.2) is 0 Å². The Morgan fingerprint density at radius 2 is 2.00 bits per heavy atom. The summed E-state index contributed by atoms with van der Waals surface area (Å²) in [6, 6.07) is 10.2. The van der Waals surface area contributed by atoms with Gasteiger partial charge in [0.2, 0.25) is 0 Å². The second-order valence-corrected chi connectivity index (χ2v) is 3.15. The van der Waals surface area contributed by atoms with Crippen LogP contribution in [0.4, 0.5) is 0 Å². The van der Waals surface area contributed by atoms with Crippen LogP contribution in [0.5, 0.6) is 0 Å². The first-order valence-corrected chi connectivity index (χ1v) is 4.68. The lowest BCUT2D eigenvalue weighted by Gasteiger charge is -2.05. The molecular weight excluding hydrogens is 160 g/mol. The van der Waals surface area contributed by atoms with Crippen molar-refractivity contribution < 1.29 is 5.11 Å². The topological polar surface area (TPSA) is 20.2 Å². The van der Waals surface area contributed by atoms with Crippen LogP contribution in [-0.4, -0.2) is 11.2 Å². The molecule has 1 atom stereocenters. The Morgan fingerprint density at radius 3 is 2.46 bits per heavy atom. The highest BCUT2D eigenvalue weighted by atomic mass is 16.3. The van der Waals surface area contributed by atoms with Crippen LogP contribution < -0.4 is 0 Å². The van der Waals surface area contributed by atoms with Crippen molar-refractivity contribution in [3.63, 3.8) is 0 Å². The molecule has 0 heterocycles. The third-order valence-corrected chi connectivity index (χ3v) is 1.97. The molecular formula is C12H16O. The van der Waals surface area contributed by atoms with E-state index in [1.165, 1.54) is 11.1 Å². The van der Waals surface area contributed by atoms with Crippen molar-refractivity contribution in [3.8, 4) is 0 Å². The zero-order chi connectivity index (χ0) is 9.68. The van der Waals surface area contributed by atoms with Crippen LogP contribution in [0.2, 0.25) is 0 Å². The maximum absolute atomic E-state index is 9.24. The van der Waals surface area contributed by atoms with Gasteiger partial charge in [-0.05, 0) is 24.5 Å². The molecule has 1 heteroatoms. The van der Waals surface area contributed by atoms with E-state index in [0.717, 1.165) is 6.42 Å². The maximum Gasteiger partial charge on any atom is 0.0698 e. The molecule has 0 aromatic heterocycles. The van der Waals surface area contributed by atoms with E-state index in [1.807, 2.05) is 24.3 Å². The number of rotatable bonds is 3. The van der Waals surface area contributed by atoms with Gasteiger partial charge in [-0.2, -0.15) is 0 Å². The van der Waals surface area contributed by atoms with E-state index in [-0.39, 0.29) is 6.10 Å². The molecule has 13 heavy (non-hydrogen) atoms. The van der Waals surface area contributed by atoms with Crippen LogP contribution in [0.15, 0.2) is 36.4 Å². The molecule has 0 amide bonds. The summed E-state index contributed by atoms with van der Waals surface area (Å²) in [7, 11) is 0. The number of hydrogen-bond acceptors (Lipinski definition) is 1. The number of allylic oxidation sites excluding steroid dienone is 1. The van der Waals surface area contributed by atoms with Crippen molar-refractivity contribution >= 4 is 5.57 Å². The van der Waals surface area contributed by atoms with Crippen molar-refractivity contribution in [1.82, 2.24) is 0 Å². The zero-order valence-electron chi connectivity index (χ0n) is 8.20. The van der Waals surface area contributed by atoms with Crippen LogP contribution in [-0.2, 0) is 0 Å². The first kappa shape index (κ1) is 10.0. The van der Waals surface area contributed by atoms with Gasteiger partial charge in [0.05, 0.1) is 6.10 Å². The summed E-state index contributed by atoms with van der Waals surface area (Å²) in [4.78, 5) is 0. The molecule has 1 rings (SSSR count). The summed E-state index contributed by atoms with van der Waals surface area (Å²) >= 11 is 0. The normalized spacial score (nSPS) is 14.2. The number of benzene rings is 1. The Kier molecular flexibility index (Phi) is 3.71. The molecule has 1 aromatic carbocycles. The Balaban J connectivity index is 2.91. The van der Waals surface area contributed by atoms with Gasteiger partial charge in [-0.3, -0.25) is 0 Å². The first-order chi connectivity index (χ1) is 6.24. The monoisotopic (exact) mass is 176 g/mol. The highest BCUT2D eigenvalue weighted by molar-refractivity contribution is 5.65. The lowest BCUT2D eigenvalue weighted by Crippen LogP contribution is -1.95. The van der Waals surface area contributed by atoms with Crippen LogP contribution in [0, 0.1) is 0 Å². The zero-order valence-corrected chi connectivity index (χ0v) is 8.20. The fraction of sp³-hybridized carbons (Fsp3) is 0.333. The lowest BCUT2D eigenvalue weighted by atomic mass is 10.0. The molecule has 0 spiro atoms. The quantitative estimate of drug-likeness (QED) is 0.750. The molecule has 0 saturated carbocycles. The molecule has 1 aromatic rings. The Bertz CT molecular complexity index is 272. The number of aliphatic hydroxyl groups excluding tert-OH is 1. The van der Waals surface area contributed by atoms with Crippen LogP contribution in [0.25, 0.3) is 5.57 Å². The minimum atomic E-state index is -0.366. The van der Waals surface area contributed by atoms with Gasteiger partial charge in [0.1, 0.15) is 0 Å². The summed E-state index contributed by atoms with van der Waals surface area (Å²) in [5.74, 6) is 0. The van der Waals surface area contributed by atoms with Gasteiger partial charge < -0.3 is 5.11 Å². The highest BCUT2D eigenvalue weighted by Gasteiger charge is 1.99. The van der Waals surface area contributed by atoms with Crippen molar-refractivity contribution in [2.45, 2.75) is 26.4 Å². The SMILES string of the molecule is CC/C(=C\[C@H](C)O)c1ccccc1. The molecule has 1 N–H and O–H groups in total. The van der Waals surface area contributed by atoms with E-state index in [2.05, 4.69) is 19.1 Å². The average molecular weight is 176 g/mol. The van der Waals surface area contributed by atoms with E-state index < -0.39 is 0 Å². The molecule has 0 saturated heterocycles. The fourth-order valence-electron chi connectivity index (χ4n) is 1.36. The number of hydrogen-bond donors (Lipinski definition) is 1. The molecule has 0 aliphatic carbocycles. The van der Waals surface area contributed by atoms with E-state index in [9.17, 15) is 5.11 Å². The largest absolute Gasteiger partial charge is 0.389 e. The first-order valence-electron chi connectivity index (χ1n) is 4.68. The van der Waals surface area contributed by atoms with Crippen LogP contribution in [0.1, 0.15) is 25.8 Å². The molecule has 0 unspecified atom stereocenters. The highest BCUT2D eigenvalue weighted by Crippen LogP contribution is 2.17. The molecule has 0 aliphatic heterocycles. The lowest BCUT2D eigenvalue weighted by molar-refractivity contribution is 0.244. The van der Waals surface area contributed by atoms with E-state index in [4.69, 9.17) is 0 Å². The fourth-order valence-corrected chi connectivity index (χ4v) is 1.36. The molecule has 0 radical (unpaired) electrons. The Labute approximate surface area is 79.7 Å². The standard InChI is InChI=1S/C12H16O/c1-3-11(9-10(2)13)12-7-5-4-6-8-12/h4-10,13H,3H2,1-2H3/b11-9+/t10-/m0/s1. The third kappa shape index (κ3) is 3.03. The summed E-state index contributed by atoms with van der Waals surface area (Å²) in [5, 5.41) is 9.24. The second-order valence-electron chi connectivity index (χ2n) is 3.15. The predicted octanol–water partition coefficient (Wildman–Crippen LogP) is 2.86. The molecule has 1 nitrogen and oxygen atoms in total. The van der Waals surface area contributed by atoms with Crippen molar-refractivity contribution in [1.29, 1.82) is 0 Å². The van der Waals surface area contributed by atoms with Gasteiger partial charge in [-0.15, -0.1) is 0 Å². The summed E-state index contributed by atoms with van der Waals surface area (Å²) in [6.07, 6.45) is 2.49. The molecule has 70 valence electrons. The maximum atomic E-state index is 9.24. The minimum Gasteiger partial charge on any atom is -0.389 e. The Morgan fingerprint density at radius 1 is 1.38 bits per heavy atom. The van der Waals surface area contributed by atoms with Gasteiger partial charge in [0.25, 0.3) is 0 Å². The average Bonchev–Trinajstić information content (AvgIpc) is 2.15. The predicted molar refractivity (Wildman–Crippen MR) is 56.4 cm³/mol. The Hall–Kier alpha value is -1.08. The molecule has 0 aliphatic rings. The van der Waals surface area contributed by atoms with Gasteiger partial charge in [0, 0.05) is 0 Å². The number of aliphatic hydroxyl groups is 1. The van der Waals surface area contributed by atoms with Gasteiger partial charge in [-0.25, -0.2) is 0 Å². The summed E-state index contributed by atoms with van der Waals surface area (Å²) in [6.45, 7) is 3.87. The summed E-state index contributed by atoms with van der Waals surface area (Å²) < 4.78 is 0.